The molecule has 0 spiro atoms. The zero-order valence-corrected chi connectivity index (χ0v) is 8.91. The summed E-state index contributed by atoms with van der Waals surface area (Å²) in [5.74, 6) is -0.750. The van der Waals surface area contributed by atoms with Gasteiger partial charge in [-0.05, 0) is 19.8 Å². The van der Waals surface area contributed by atoms with Crippen LogP contribution in [0, 0.1) is 12.3 Å². The van der Waals surface area contributed by atoms with E-state index in [4.69, 9.17) is 21.5 Å². The van der Waals surface area contributed by atoms with E-state index >= 15 is 0 Å². The summed E-state index contributed by atoms with van der Waals surface area (Å²) in [6.07, 6.45) is 4.24. The van der Waals surface area contributed by atoms with Crippen molar-refractivity contribution in [3.8, 4) is 0 Å². The zero-order valence-electron chi connectivity index (χ0n) is 8.91. The molecule has 0 saturated heterocycles. The second kappa shape index (κ2) is 6.08. The van der Waals surface area contributed by atoms with Gasteiger partial charge in [-0.1, -0.05) is 12.8 Å². The Balaban J connectivity index is 2.32. The Bertz CT molecular complexity index is 197. The van der Waals surface area contributed by atoms with Crippen molar-refractivity contribution in [3.63, 3.8) is 0 Å². The average Bonchev–Trinajstić information content (AvgIpc) is 2.61. The van der Waals surface area contributed by atoms with E-state index in [1.54, 1.807) is 0 Å². The maximum Gasteiger partial charge on any atom is 0.303 e. The van der Waals surface area contributed by atoms with Crippen LogP contribution in [0.25, 0.3) is 0 Å². The number of rotatable bonds is 7. The van der Waals surface area contributed by atoms with Gasteiger partial charge in [-0.3, -0.25) is 4.79 Å². The number of carbonyl (C=O) groups is 1. The molecular weight excluding hydrogens is 196 g/mol. The molecule has 4 nitrogen and oxygen atoms in total. The first-order valence-corrected chi connectivity index (χ1v) is 5.26. The number of carboxylic acid groups (broad SMARTS) is 1. The largest absolute Gasteiger partial charge is 0.481 e. The van der Waals surface area contributed by atoms with E-state index in [2.05, 4.69) is 0 Å². The van der Waals surface area contributed by atoms with Crippen molar-refractivity contribution >= 4 is 5.97 Å². The maximum absolute atomic E-state index is 10.7. The molecule has 1 N–H and O–H groups in total. The van der Waals surface area contributed by atoms with E-state index in [1.807, 2.05) is 0 Å². The molecule has 0 amide bonds. The van der Waals surface area contributed by atoms with Crippen molar-refractivity contribution in [3.05, 3.63) is 6.92 Å². The summed E-state index contributed by atoms with van der Waals surface area (Å²) in [5, 5.41) is 8.83. The second-order valence-corrected chi connectivity index (χ2v) is 4.11. The minimum atomic E-state index is -0.750. The van der Waals surface area contributed by atoms with Gasteiger partial charge >= 0.3 is 5.97 Å². The standard InChI is InChI=1S/C11H18O4/c1-2-14-9-15-8-11(7-10(12)13)5-3-4-6-11/h1H,2-9H2,(H,12,13). The predicted octanol–water partition coefficient (Wildman–Crippen LogP) is 1.72. The van der Waals surface area contributed by atoms with Crippen LogP contribution < -0.4 is 0 Å². The van der Waals surface area contributed by atoms with E-state index in [1.165, 1.54) is 0 Å². The summed E-state index contributed by atoms with van der Waals surface area (Å²) in [6, 6.07) is 0. The van der Waals surface area contributed by atoms with Gasteiger partial charge in [0, 0.05) is 5.41 Å². The van der Waals surface area contributed by atoms with Gasteiger partial charge in [-0.2, -0.15) is 0 Å². The molecule has 86 valence electrons. The van der Waals surface area contributed by atoms with E-state index in [9.17, 15) is 4.79 Å². The molecule has 0 aromatic rings. The van der Waals surface area contributed by atoms with Gasteiger partial charge in [0.15, 0.2) is 0 Å². The Morgan fingerprint density at radius 2 is 2.00 bits per heavy atom. The molecule has 0 unspecified atom stereocenters. The van der Waals surface area contributed by atoms with Gasteiger partial charge in [-0.25, -0.2) is 0 Å². The van der Waals surface area contributed by atoms with E-state index in [-0.39, 0.29) is 25.2 Å². The third-order valence-electron chi connectivity index (χ3n) is 2.88. The second-order valence-electron chi connectivity index (χ2n) is 4.11. The number of carboxylic acids is 1. The van der Waals surface area contributed by atoms with Crippen LogP contribution >= 0.6 is 0 Å². The smallest absolute Gasteiger partial charge is 0.303 e. The number of hydrogen-bond donors (Lipinski definition) is 1. The average molecular weight is 214 g/mol. The summed E-state index contributed by atoms with van der Waals surface area (Å²) >= 11 is 0. The lowest BCUT2D eigenvalue weighted by atomic mass is 9.84. The normalized spacial score (nSPS) is 19.3. The molecule has 1 aliphatic rings. The van der Waals surface area contributed by atoms with Gasteiger partial charge in [0.2, 0.25) is 0 Å². The molecule has 0 atom stereocenters. The third-order valence-corrected chi connectivity index (χ3v) is 2.88. The summed E-state index contributed by atoms with van der Waals surface area (Å²) in [6.45, 7) is 5.88. The molecule has 4 heteroatoms. The molecule has 1 saturated carbocycles. The predicted molar refractivity (Wildman–Crippen MR) is 54.2 cm³/mol. The highest BCUT2D eigenvalue weighted by Gasteiger charge is 2.36. The molecule has 0 aromatic heterocycles. The quantitative estimate of drug-likeness (QED) is 0.518. The van der Waals surface area contributed by atoms with E-state index in [0.717, 1.165) is 25.7 Å². The molecular formula is C11H18O4. The van der Waals surface area contributed by atoms with Crippen LogP contribution in [-0.2, 0) is 14.3 Å². The third kappa shape index (κ3) is 4.18. The van der Waals surface area contributed by atoms with Crippen molar-refractivity contribution in [2.45, 2.75) is 32.1 Å². The van der Waals surface area contributed by atoms with Crippen molar-refractivity contribution in [1.82, 2.24) is 0 Å². The van der Waals surface area contributed by atoms with Crippen LogP contribution in [0.5, 0.6) is 0 Å². The lowest BCUT2D eigenvalue weighted by Crippen LogP contribution is -2.27. The van der Waals surface area contributed by atoms with Crippen molar-refractivity contribution in [1.29, 1.82) is 0 Å². The molecule has 2 radical (unpaired) electrons. The zero-order chi connectivity index (χ0) is 11.1. The lowest BCUT2D eigenvalue weighted by molar-refractivity contribution is -0.142. The van der Waals surface area contributed by atoms with Gasteiger partial charge < -0.3 is 14.6 Å². The van der Waals surface area contributed by atoms with Crippen LogP contribution in [0.2, 0.25) is 0 Å². The SMILES string of the molecule is [CH]COCOCC1(CC(=O)O)CCCC1. The fraction of sp³-hybridized carbons (Fsp3) is 0.818. The van der Waals surface area contributed by atoms with Crippen LogP contribution in [-0.4, -0.2) is 31.1 Å². The Morgan fingerprint density at radius 3 is 2.53 bits per heavy atom. The number of ether oxygens (including phenoxy) is 2. The molecule has 0 aromatic carbocycles. The minimum absolute atomic E-state index is 0.131. The first kappa shape index (κ1) is 12.5. The highest BCUT2D eigenvalue weighted by Crippen LogP contribution is 2.41. The number of hydrogen-bond acceptors (Lipinski definition) is 3. The summed E-state index contributed by atoms with van der Waals surface area (Å²) in [7, 11) is 0. The highest BCUT2D eigenvalue weighted by molar-refractivity contribution is 5.67. The summed E-state index contributed by atoms with van der Waals surface area (Å²) < 4.78 is 10.1. The van der Waals surface area contributed by atoms with E-state index < -0.39 is 5.97 Å². The van der Waals surface area contributed by atoms with Crippen LogP contribution in [0.15, 0.2) is 0 Å². The summed E-state index contributed by atoms with van der Waals surface area (Å²) in [4.78, 5) is 10.7. The minimum Gasteiger partial charge on any atom is -0.481 e. The fourth-order valence-corrected chi connectivity index (χ4v) is 2.18. The highest BCUT2D eigenvalue weighted by atomic mass is 16.7. The molecule has 0 bridgehead atoms. The molecule has 0 aliphatic heterocycles. The van der Waals surface area contributed by atoms with Crippen LogP contribution in [0.3, 0.4) is 0 Å². The topological polar surface area (TPSA) is 55.8 Å². The van der Waals surface area contributed by atoms with Crippen LogP contribution in [0.1, 0.15) is 32.1 Å². The molecule has 1 fully saturated rings. The van der Waals surface area contributed by atoms with E-state index in [0.29, 0.717) is 6.61 Å². The first-order valence-electron chi connectivity index (χ1n) is 5.26. The maximum atomic E-state index is 10.7. The molecule has 1 aliphatic carbocycles. The molecule has 1 rings (SSSR count). The lowest BCUT2D eigenvalue weighted by Gasteiger charge is -2.26. The Morgan fingerprint density at radius 1 is 1.33 bits per heavy atom. The van der Waals surface area contributed by atoms with Gasteiger partial charge in [0.1, 0.15) is 6.79 Å². The summed E-state index contributed by atoms with van der Waals surface area (Å²) in [5.41, 5.74) is -0.177. The fourth-order valence-electron chi connectivity index (χ4n) is 2.18. The Kier molecular flexibility index (Phi) is 5.05. The molecule has 15 heavy (non-hydrogen) atoms. The monoisotopic (exact) mass is 214 g/mol. The Labute approximate surface area is 90.6 Å². The molecule has 0 heterocycles. The van der Waals surface area contributed by atoms with Gasteiger partial charge in [-0.15, -0.1) is 0 Å². The Hall–Kier alpha value is -0.610. The van der Waals surface area contributed by atoms with Gasteiger partial charge in [0.05, 0.1) is 19.6 Å². The first-order chi connectivity index (χ1) is 7.18. The van der Waals surface area contributed by atoms with Gasteiger partial charge in [0.25, 0.3) is 0 Å². The number of aliphatic carboxylic acids is 1. The van der Waals surface area contributed by atoms with Crippen molar-refractivity contribution < 1.29 is 19.4 Å². The van der Waals surface area contributed by atoms with Crippen LogP contribution in [0.4, 0.5) is 0 Å². The van der Waals surface area contributed by atoms with Crippen molar-refractivity contribution in [2.75, 3.05) is 20.0 Å². The van der Waals surface area contributed by atoms with Crippen molar-refractivity contribution in [2.24, 2.45) is 5.41 Å².